The standard InChI is InChI=1S/C13H20NP/c1-15(2)13-9-5-4-8-12(13)14-10-6-3-7-11-14/h4-5,8-9H,3,6-7,10-11H2,1-2H3. The Labute approximate surface area is 94.2 Å². The topological polar surface area (TPSA) is 3.24 Å². The van der Waals surface area contributed by atoms with Gasteiger partial charge in [-0.25, -0.2) is 0 Å². The zero-order valence-electron chi connectivity index (χ0n) is 9.74. The lowest BCUT2D eigenvalue weighted by Crippen LogP contribution is -2.32. The van der Waals surface area contributed by atoms with E-state index in [-0.39, 0.29) is 7.92 Å². The van der Waals surface area contributed by atoms with E-state index in [1.54, 1.807) is 5.30 Å². The zero-order chi connectivity index (χ0) is 10.7. The normalized spacial score (nSPS) is 17.1. The number of rotatable bonds is 2. The van der Waals surface area contributed by atoms with E-state index in [9.17, 15) is 0 Å². The maximum absolute atomic E-state index is 2.57. The fourth-order valence-electron chi connectivity index (χ4n) is 2.24. The second kappa shape index (κ2) is 4.99. The minimum absolute atomic E-state index is 0.0172. The summed E-state index contributed by atoms with van der Waals surface area (Å²) < 4.78 is 0. The fraction of sp³-hybridized carbons (Fsp3) is 0.538. The van der Waals surface area contributed by atoms with Crippen molar-refractivity contribution in [3.8, 4) is 0 Å². The minimum atomic E-state index is 0.0172. The van der Waals surface area contributed by atoms with Crippen molar-refractivity contribution in [1.29, 1.82) is 0 Å². The summed E-state index contributed by atoms with van der Waals surface area (Å²) in [6.07, 6.45) is 4.13. The molecule has 0 saturated carbocycles. The van der Waals surface area contributed by atoms with Crippen LogP contribution in [0.5, 0.6) is 0 Å². The van der Waals surface area contributed by atoms with Crippen LogP contribution >= 0.6 is 7.92 Å². The van der Waals surface area contributed by atoms with Crippen molar-refractivity contribution in [3.63, 3.8) is 0 Å². The van der Waals surface area contributed by atoms with Gasteiger partial charge in [0, 0.05) is 18.8 Å². The Kier molecular flexibility index (Phi) is 3.64. The van der Waals surface area contributed by atoms with Crippen LogP contribution in [0.2, 0.25) is 0 Å². The van der Waals surface area contributed by atoms with Gasteiger partial charge in [-0.2, -0.15) is 0 Å². The molecule has 1 aromatic carbocycles. The number of piperidine rings is 1. The van der Waals surface area contributed by atoms with E-state index < -0.39 is 0 Å². The molecule has 82 valence electrons. The van der Waals surface area contributed by atoms with Crippen LogP contribution in [-0.4, -0.2) is 26.4 Å². The highest BCUT2D eigenvalue weighted by atomic mass is 31.1. The summed E-state index contributed by atoms with van der Waals surface area (Å²) in [7, 11) is 0.0172. The average molecular weight is 221 g/mol. The number of anilines is 1. The highest BCUT2D eigenvalue weighted by Crippen LogP contribution is 2.30. The van der Waals surface area contributed by atoms with Crippen LogP contribution in [0.4, 0.5) is 5.69 Å². The first-order valence-electron chi connectivity index (χ1n) is 5.80. The monoisotopic (exact) mass is 221 g/mol. The van der Waals surface area contributed by atoms with Crippen molar-refractivity contribution >= 4 is 18.9 Å². The van der Waals surface area contributed by atoms with E-state index in [1.807, 2.05) is 0 Å². The van der Waals surface area contributed by atoms with Crippen LogP contribution in [0.25, 0.3) is 0 Å². The molecule has 0 atom stereocenters. The maximum atomic E-state index is 2.57. The van der Waals surface area contributed by atoms with Gasteiger partial charge in [0.15, 0.2) is 0 Å². The van der Waals surface area contributed by atoms with Gasteiger partial charge in [0.25, 0.3) is 0 Å². The number of nitrogens with zero attached hydrogens (tertiary/aromatic N) is 1. The molecule has 15 heavy (non-hydrogen) atoms. The third-order valence-corrected chi connectivity index (χ3v) is 4.40. The summed E-state index contributed by atoms with van der Waals surface area (Å²) in [5.41, 5.74) is 1.49. The molecule has 0 aliphatic carbocycles. The Bertz CT molecular complexity index is 316. The van der Waals surface area contributed by atoms with Crippen molar-refractivity contribution in [2.45, 2.75) is 19.3 Å². The molecule has 0 radical (unpaired) electrons. The molecule has 0 amide bonds. The predicted molar refractivity (Wildman–Crippen MR) is 70.9 cm³/mol. The lowest BCUT2D eigenvalue weighted by molar-refractivity contribution is 0.578. The van der Waals surface area contributed by atoms with E-state index in [1.165, 1.54) is 38.0 Å². The van der Waals surface area contributed by atoms with Crippen LogP contribution in [0.1, 0.15) is 19.3 Å². The summed E-state index contributed by atoms with van der Waals surface area (Å²) in [5, 5.41) is 1.56. The molecule has 1 aliphatic rings. The van der Waals surface area contributed by atoms with E-state index in [2.05, 4.69) is 42.5 Å². The Morgan fingerprint density at radius 2 is 1.67 bits per heavy atom. The van der Waals surface area contributed by atoms with Gasteiger partial charge in [0.05, 0.1) is 0 Å². The van der Waals surface area contributed by atoms with Crippen molar-refractivity contribution in [1.82, 2.24) is 0 Å². The molecular weight excluding hydrogens is 201 g/mol. The average Bonchev–Trinajstić information content (AvgIpc) is 2.30. The van der Waals surface area contributed by atoms with Crippen LogP contribution in [0.3, 0.4) is 0 Å². The lowest BCUT2D eigenvalue weighted by atomic mass is 10.1. The van der Waals surface area contributed by atoms with Crippen LogP contribution in [0.15, 0.2) is 24.3 Å². The molecule has 0 bridgehead atoms. The molecule has 0 aromatic heterocycles. The van der Waals surface area contributed by atoms with Gasteiger partial charge in [-0.1, -0.05) is 26.1 Å². The Morgan fingerprint density at radius 3 is 2.33 bits per heavy atom. The summed E-state index contributed by atoms with van der Waals surface area (Å²) in [6.45, 7) is 7.19. The van der Waals surface area contributed by atoms with Crippen LogP contribution < -0.4 is 10.2 Å². The number of hydrogen-bond acceptors (Lipinski definition) is 1. The molecular formula is C13H20NP. The third-order valence-electron chi connectivity index (χ3n) is 3.06. The highest BCUT2D eigenvalue weighted by molar-refractivity contribution is 7.64. The number of benzene rings is 1. The zero-order valence-corrected chi connectivity index (χ0v) is 10.6. The third kappa shape index (κ3) is 2.52. The predicted octanol–water partition coefficient (Wildman–Crippen LogP) is 3.04. The molecule has 0 N–H and O–H groups in total. The van der Waals surface area contributed by atoms with Gasteiger partial charge in [0.2, 0.25) is 0 Å². The first kappa shape index (κ1) is 11.0. The molecule has 1 aromatic rings. The Hall–Kier alpha value is -0.550. The Morgan fingerprint density at radius 1 is 1.00 bits per heavy atom. The molecule has 2 heteroatoms. The van der Waals surface area contributed by atoms with E-state index >= 15 is 0 Å². The minimum Gasteiger partial charge on any atom is -0.371 e. The molecule has 1 heterocycles. The molecule has 2 rings (SSSR count). The molecule has 1 saturated heterocycles. The Balaban J connectivity index is 2.25. The van der Waals surface area contributed by atoms with Crippen LogP contribution in [0, 0.1) is 0 Å². The van der Waals surface area contributed by atoms with Crippen molar-refractivity contribution in [3.05, 3.63) is 24.3 Å². The van der Waals surface area contributed by atoms with Gasteiger partial charge in [-0.05, 0) is 44.0 Å². The second-order valence-electron chi connectivity index (χ2n) is 4.43. The van der Waals surface area contributed by atoms with Gasteiger partial charge in [-0.3, -0.25) is 0 Å². The highest BCUT2D eigenvalue weighted by Gasteiger charge is 2.14. The molecule has 1 aliphatic heterocycles. The quantitative estimate of drug-likeness (QED) is 0.694. The number of hydrogen-bond donors (Lipinski definition) is 0. The maximum Gasteiger partial charge on any atom is 0.0444 e. The van der Waals surface area contributed by atoms with Gasteiger partial charge in [-0.15, -0.1) is 0 Å². The van der Waals surface area contributed by atoms with E-state index in [0.29, 0.717) is 0 Å². The van der Waals surface area contributed by atoms with Crippen LogP contribution in [-0.2, 0) is 0 Å². The van der Waals surface area contributed by atoms with E-state index in [4.69, 9.17) is 0 Å². The molecule has 1 nitrogen and oxygen atoms in total. The van der Waals surface area contributed by atoms with Gasteiger partial charge in [0.1, 0.15) is 0 Å². The van der Waals surface area contributed by atoms with Gasteiger partial charge < -0.3 is 4.90 Å². The SMILES string of the molecule is CP(C)c1ccccc1N1CCCCC1. The molecule has 0 spiro atoms. The van der Waals surface area contributed by atoms with E-state index in [0.717, 1.165) is 0 Å². The lowest BCUT2D eigenvalue weighted by Gasteiger charge is -2.31. The van der Waals surface area contributed by atoms with Crippen molar-refractivity contribution < 1.29 is 0 Å². The van der Waals surface area contributed by atoms with Crippen molar-refractivity contribution in [2.24, 2.45) is 0 Å². The largest absolute Gasteiger partial charge is 0.371 e. The number of para-hydroxylation sites is 1. The molecule has 1 fully saturated rings. The smallest absolute Gasteiger partial charge is 0.0444 e. The van der Waals surface area contributed by atoms with Gasteiger partial charge >= 0.3 is 0 Å². The first-order chi connectivity index (χ1) is 7.29. The second-order valence-corrected chi connectivity index (χ2v) is 6.70. The van der Waals surface area contributed by atoms with Crippen molar-refractivity contribution in [2.75, 3.05) is 31.3 Å². The summed E-state index contributed by atoms with van der Waals surface area (Å²) in [6, 6.07) is 8.94. The first-order valence-corrected chi connectivity index (χ1v) is 8.04. The summed E-state index contributed by atoms with van der Waals surface area (Å²) in [4.78, 5) is 2.57. The summed E-state index contributed by atoms with van der Waals surface area (Å²) >= 11 is 0. The fourth-order valence-corrected chi connectivity index (χ4v) is 3.30. The summed E-state index contributed by atoms with van der Waals surface area (Å²) in [5.74, 6) is 0. The molecule has 0 unspecified atom stereocenters.